The van der Waals surface area contributed by atoms with Crippen LogP contribution in [0, 0.1) is 11.6 Å². The molecular formula is C18H18F2N2O2. The monoisotopic (exact) mass is 332 g/mol. The van der Waals surface area contributed by atoms with Gasteiger partial charge in [0.2, 0.25) is 11.8 Å². The molecule has 0 radical (unpaired) electrons. The molecule has 0 saturated heterocycles. The van der Waals surface area contributed by atoms with E-state index < -0.39 is 28.9 Å². The van der Waals surface area contributed by atoms with Crippen molar-refractivity contribution in [1.82, 2.24) is 0 Å². The van der Waals surface area contributed by atoms with Crippen molar-refractivity contribution in [3.63, 3.8) is 0 Å². The Kier molecular flexibility index (Phi) is 4.97. The van der Waals surface area contributed by atoms with Crippen molar-refractivity contribution in [1.29, 1.82) is 0 Å². The fourth-order valence-electron chi connectivity index (χ4n) is 2.19. The Morgan fingerprint density at radius 2 is 1.46 bits per heavy atom. The lowest BCUT2D eigenvalue weighted by atomic mass is 9.83. The Morgan fingerprint density at radius 3 is 2.00 bits per heavy atom. The Bertz CT molecular complexity index is 774. The molecule has 4 nitrogen and oxygen atoms in total. The highest BCUT2D eigenvalue weighted by Crippen LogP contribution is 2.28. The van der Waals surface area contributed by atoms with Gasteiger partial charge in [-0.2, -0.15) is 0 Å². The Labute approximate surface area is 138 Å². The summed E-state index contributed by atoms with van der Waals surface area (Å²) in [5.41, 5.74) is -0.561. The molecule has 2 amide bonds. The second-order valence-corrected chi connectivity index (χ2v) is 5.94. The van der Waals surface area contributed by atoms with Gasteiger partial charge in [-0.3, -0.25) is 9.59 Å². The molecule has 2 rings (SSSR count). The third-order valence-corrected chi connectivity index (χ3v) is 3.68. The van der Waals surface area contributed by atoms with Crippen LogP contribution >= 0.6 is 0 Å². The van der Waals surface area contributed by atoms with Gasteiger partial charge in [0.25, 0.3) is 0 Å². The molecule has 0 spiro atoms. The zero-order chi connectivity index (χ0) is 17.9. The minimum atomic E-state index is -0.920. The van der Waals surface area contributed by atoms with Crippen LogP contribution in [0.2, 0.25) is 0 Å². The number of hydrogen-bond donors (Lipinski definition) is 2. The zero-order valence-electron chi connectivity index (χ0n) is 13.6. The second-order valence-electron chi connectivity index (χ2n) is 5.94. The van der Waals surface area contributed by atoms with Gasteiger partial charge in [-0.15, -0.1) is 0 Å². The number of halogens is 2. The van der Waals surface area contributed by atoms with Crippen molar-refractivity contribution >= 4 is 23.2 Å². The van der Waals surface area contributed by atoms with E-state index in [0.717, 1.165) is 11.6 Å². The summed E-state index contributed by atoms with van der Waals surface area (Å²) in [7, 11) is 0. The van der Waals surface area contributed by atoms with Crippen LogP contribution in [-0.4, -0.2) is 11.8 Å². The Balaban J connectivity index is 2.30. The molecule has 0 saturated carbocycles. The molecule has 0 unspecified atom stereocenters. The molecule has 0 aliphatic carbocycles. The lowest BCUT2D eigenvalue weighted by molar-refractivity contribution is -0.120. The molecular weight excluding hydrogens is 314 g/mol. The van der Waals surface area contributed by atoms with Gasteiger partial charge in [-0.1, -0.05) is 30.3 Å². The van der Waals surface area contributed by atoms with Gasteiger partial charge in [-0.05, 0) is 25.5 Å². The lowest BCUT2D eigenvalue weighted by Crippen LogP contribution is -2.35. The van der Waals surface area contributed by atoms with Crippen molar-refractivity contribution in [3.05, 3.63) is 59.7 Å². The maximum absolute atomic E-state index is 14.0. The predicted molar refractivity (Wildman–Crippen MR) is 88.8 cm³/mol. The van der Waals surface area contributed by atoms with Crippen LogP contribution in [0.5, 0.6) is 0 Å². The van der Waals surface area contributed by atoms with Crippen molar-refractivity contribution in [2.75, 3.05) is 10.6 Å². The molecule has 2 N–H and O–H groups in total. The molecule has 0 aliphatic heterocycles. The van der Waals surface area contributed by atoms with Crippen LogP contribution in [0.3, 0.4) is 0 Å². The van der Waals surface area contributed by atoms with E-state index in [-0.39, 0.29) is 11.4 Å². The zero-order valence-corrected chi connectivity index (χ0v) is 13.6. The van der Waals surface area contributed by atoms with Gasteiger partial charge < -0.3 is 10.6 Å². The van der Waals surface area contributed by atoms with Crippen molar-refractivity contribution in [2.24, 2.45) is 0 Å². The molecule has 0 fully saturated rings. The van der Waals surface area contributed by atoms with Crippen molar-refractivity contribution in [3.8, 4) is 0 Å². The summed E-state index contributed by atoms with van der Waals surface area (Å²) in [5.74, 6) is -2.78. The first-order valence-corrected chi connectivity index (χ1v) is 7.35. The van der Waals surface area contributed by atoms with Crippen LogP contribution in [0.4, 0.5) is 20.2 Å². The highest BCUT2D eigenvalue weighted by molar-refractivity contribution is 5.99. The summed E-state index contributed by atoms with van der Waals surface area (Å²) in [6.45, 7) is 4.61. The Morgan fingerprint density at radius 1 is 0.917 bits per heavy atom. The summed E-state index contributed by atoms with van der Waals surface area (Å²) in [4.78, 5) is 23.6. The normalized spacial score (nSPS) is 11.0. The fourth-order valence-corrected chi connectivity index (χ4v) is 2.19. The van der Waals surface area contributed by atoms with Crippen LogP contribution in [0.15, 0.2) is 42.5 Å². The molecule has 0 heterocycles. The van der Waals surface area contributed by atoms with Crippen molar-refractivity contribution in [2.45, 2.75) is 26.2 Å². The van der Waals surface area contributed by atoms with E-state index in [0.29, 0.717) is 6.07 Å². The highest BCUT2D eigenvalue weighted by Gasteiger charge is 2.30. The Hall–Kier alpha value is -2.76. The van der Waals surface area contributed by atoms with Crippen LogP contribution in [0.25, 0.3) is 0 Å². The van der Waals surface area contributed by atoms with Gasteiger partial charge in [0.1, 0.15) is 11.6 Å². The molecule has 126 valence electrons. The van der Waals surface area contributed by atoms with Gasteiger partial charge >= 0.3 is 0 Å². The minimum Gasteiger partial charge on any atom is -0.324 e. The average molecular weight is 332 g/mol. The number of nitrogens with one attached hydrogen (secondary N) is 2. The largest absolute Gasteiger partial charge is 0.324 e. The summed E-state index contributed by atoms with van der Waals surface area (Å²) in [5, 5.41) is 4.71. The standard InChI is InChI=1S/C18H18F2N2O2/c1-11(23)21-15-10-16(14(20)9-13(15)19)22-17(24)18(2,3)12-7-5-4-6-8-12/h4-10H,1-3H3,(H,21,23)(H,22,24). The van der Waals surface area contributed by atoms with E-state index in [9.17, 15) is 18.4 Å². The first kappa shape index (κ1) is 17.6. The van der Waals surface area contributed by atoms with E-state index >= 15 is 0 Å². The van der Waals surface area contributed by atoms with Gasteiger partial charge in [0.15, 0.2) is 0 Å². The third-order valence-electron chi connectivity index (χ3n) is 3.68. The van der Waals surface area contributed by atoms with Crippen molar-refractivity contribution < 1.29 is 18.4 Å². The fraction of sp³-hybridized carbons (Fsp3) is 0.222. The number of benzene rings is 2. The topological polar surface area (TPSA) is 58.2 Å². The van der Waals surface area contributed by atoms with Crippen LogP contribution in [-0.2, 0) is 15.0 Å². The molecule has 6 heteroatoms. The second kappa shape index (κ2) is 6.78. The van der Waals surface area contributed by atoms with Gasteiger partial charge in [0, 0.05) is 13.0 Å². The molecule has 0 aliphatic rings. The first-order valence-electron chi connectivity index (χ1n) is 7.35. The molecule has 0 bridgehead atoms. The van der Waals surface area contributed by atoms with E-state index in [2.05, 4.69) is 10.6 Å². The van der Waals surface area contributed by atoms with Gasteiger partial charge in [-0.25, -0.2) is 8.78 Å². The summed E-state index contributed by atoms with van der Waals surface area (Å²) < 4.78 is 27.6. The summed E-state index contributed by atoms with van der Waals surface area (Å²) in [6, 6.07) is 10.7. The molecule has 2 aromatic rings. The van der Waals surface area contributed by atoms with E-state index in [4.69, 9.17) is 0 Å². The number of rotatable bonds is 4. The summed E-state index contributed by atoms with van der Waals surface area (Å²) >= 11 is 0. The lowest BCUT2D eigenvalue weighted by Gasteiger charge is -2.24. The predicted octanol–water partition coefficient (Wildman–Crippen LogP) is 3.84. The maximum Gasteiger partial charge on any atom is 0.234 e. The van der Waals surface area contributed by atoms with Crippen LogP contribution in [0.1, 0.15) is 26.3 Å². The third kappa shape index (κ3) is 3.76. The first-order chi connectivity index (χ1) is 11.2. The maximum atomic E-state index is 14.0. The molecule has 0 atom stereocenters. The quantitative estimate of drug-likeness (QED) is 0.894. The average Bonchev–Trinajstić information content (AvgIpc) is 2.52. The molecule has 2 aromatic carbocycles. The highest BCUT2D eigenvalue weighted by atomic mass is 19.1. The van der Waals surface area contributed by atoms with E-state index in [1.54, 1.807) is 38.1 Å². The van der Waals surface area contributed by atoms with Gasteiger partial charge in [0.05, 0.1) is 16.8 Å². The van der Waals surface area contributed by atoms with E-state index in [1.807, 2.05) is 6.07 Å². The summed E-state index contributed by atoms with van der Waals surface area (Å²) in [6.07, 6.45) is 0. The minimum absolute atomic E-state index is 0.197. The smallest absolute Gasteiger partial charge is 0.234 e. The number of anilines is 2. The van der Waals surface area contributed by atoms with E-state index in [1.165, 1.54) is 6.92 Å². The SMILES string of the molecule is CC(=O)Nc1cc(NC(=O)C(C)(C)c2ccccc2)c(F)cc1F. The number of amides is 2. The molecule has 0 aromatic heterocycles. The number of carbonyl (C=O) groups is 2. The molecule has 24 heavy (non-hydrogen) atoms. The number of hydrogen-bond acceptors (Lipinski definition) is 2. The van der Waals surface area contributed by atoms with Crippen LogP contribution < -0.4 is 10.6 Å². The number of carbonyl (C=O) groups excluding carboxylic acids is 2.